The van der Waals surface area contributed by atoms with Crippen LogP contribution >= 0.6 is 11.6 Å². The van der Waals surface area contributed by atoms with E-state index in [1.165, 1.54) is 19.8 Å². The molecule has 1 unspecified atom stereocenters. The predicted molar refractivity (Wildman–Crippen MR) is 105 cm³/mol. The first-order valence-corrected chi connectivity index (χ1v) is 8.97. The number of nitrogens with zero attached hydrogens (tertiary/aromatic N) is 1. The number of carbonyl (C=O) groups excluding carboxylic acids is 1. The Kier molecular flexibility index (Phi) is 5.57. The van der Waals surface area contributed by atoms with Gasteiger partial charge in [-0.2, -0.15) is 0 Å². The standard InChI is InChI=1S/C20H23ClN2O3/c1-13-8-9-14-6-4-5-7-17(14)23(13)12-20(24)22-16-11-18(25-2)15(21)10-19(16)26-3/h4-7,10-11,13H,8-9,12H2,1-3H3,(H,22,24). The minimum atomic E-state index is -0.115. The van der Waals surface area contributed by atoms with Gasteiger partial charge in [-0.1, -0.05) is 29.8 Å². The number of hydrogen-bond acceptors (Lipinski definition) is 4. The van der Waals surface area contributed by atoms with Crippen LogP contribution in [0.2, 0.25) is 5.02 Å². The second-order valence-electron chi connectivity index (χ2n) is 6.38. The van der Waals surface area contributed by atoms with Gasteiger partial charge in [0.25, 0.3) is 0 Å². The van der Waals surface area contributed by atoms with Gasteiger partial charge in [-0.3, -0.25) is 4.79 Å². The number of aryl methyl sites for hydroxylation is 1. The van der Waals surface area contributed by atoms with Crippen LogP contribution in [0.1, 0.15) is 18.9 Å². The molecule has 0 spiro atoms. The van der Waals surface area contributed by atoms with E-state index in [4.69, 9.17) is 21.1 Å². The summed E-state index contributed by atoms with van der Waals surface area (Å²) in [4.78, 5) is 14.9. The van der Waals surface area contributed by atoms with Crippen molar-refractivity contribution in [2.75, 3.05) is 31.0 Å². The molecule has 0 aromatic heterocycles. The Morgan fingerprint density at radius 1 is 1.23 bits per heavy atom. The molecule has 1 aliphatic heterocycles. The van der Waals surface area contributed by atoms with E-state index in [0.717, 1.165) is 18.5 Å². The normalized spacial score (nSPS) is 16.0. The average molecular weight is 375 g/mol. The quantitative estimate of drug-likeness (QED) is 0.854. The third-order valence-electron chi connectivity index (χ3n) is 4.73. The monoisotopic (exact) mass is 374 g/mol. The lowest BCUT2D eigenvalue weighted by atomic mass is 9.96. The molecule has 0 saturated heterocycles. The van der Waals surface area contributed by atoms with Crippen molar-refractivity contribution in [3.8, 4) is 11.5 Å². The molecule has 1 heterocycles. The summed E-state index contributed by atoms with van der Waals surface area (Å²) < 4.78 is 10.6. The molecular weight excluding hydrogens is 352 g/mol. The third kappa shape index (κ3) is 3.73. The Morgan fingerprint density at radius 2 is 1.96 bits per heavy atom. The van der Waals surface area contributed by atoms with E-state index in [0.29, 0.717) is 28.3 Å². The van der Waals surface area contributed by atoms with E-state index in [9.17, 15) is 4.79 Å². The zero-order valence-corrected chi connectivity index (χ0v) is 16.0. The van der Waals surface area contributed by atoms with Crippen LogP contribution in [0.3, 0.4) is 0 Å². The van der Waals surface area contributed by atoms with Crippen molar-refractivity contribution in [3.05, 3.63) is 47.0 Å². The molecule has 1 amide bonds. The van der Waals surface area contributed by atoms with E-state index in [-0.39, 0.29) is 12.5 Å². The Morgan fingerprint density at radius 3 is 2.69 bits per heavy atom. The van der Waals surface area contributed by atoms with Gasteiger partial charge < -0.3 is 19.7 Å². The number of fused-ring (bicyclic) bond motifs is 1. The van der Waals surface area contributed by atoms with Crippen molar-refractivity contribution in [3.63, 3.8) is 0 Å². The van der Waals surface area contributed by atoms with E-state index >= 15 is 0 Å². The number of nitrogens with one attached hydrogen (secondary N) is 1. The number of hydrogen-bond donors (Lipinski definition) is 1. The summed E-state index contributed by atoms with van der Waals surface area (Å²) in [6.45, 7) is 2.42. The highest BCUT2D eigenvalue weighted by molar-refractivity contribution is 6.32. The summed E-state index contributed by atoms with van der Waals surface area (Å²) in [5.74, 6) is 0.868. The Bertz CT molecular complexity index is 810. The molecule has 0 radical (unpaired) electrons. The minimum absolute atomic E-state index is 0.115. The zero-order chi connectivity index (χ0) is 18.7. The third-order valence-corrected chi connectivity index (χ3v) is 5.02. The number of ether oxygens (including phenoxy) is 2. The van der Waals surface area contributed by atoms with Crippen LogP contribution in [0.25, 0.3) is 0 Å². The fourth-order valence-corrected chi connectivity index (χ4v) is 3.53. The lowest BCUT2D eigenvalue weighted by Gasteiger charge is -2.36. The zero-order valence-electron chi connectivity index (χ0n) is 15.2. The number of halogens is 1. The highest BCUT2D eigenvalue weighted by Crippen LogP contribution is 2.36. The van der Waals surface area contributed by atoms with Crippen molar-refractivity contribution in [1.82, 2.24) is 0 Å². The molecule has 0 saturated carbocycles. The van der Waals surface area contributed by atoms with Gasteiger partial charge in [-0.05, 0) is 31.4 Å². The van der Waals surface area contributed by atoms with Gasteiger partial charge in [-0.25, -0.2) is 0 Å². The van der Waals surface area contributed by atoms with Gasteiger partial charge in [0.2, 0.25) is 5.91 Å². The van der Waals surface area contributed by atoms with Crippen LogP contribution in [0.5, 0.6) is 11.5 Å². The van der Waals surface area contributed by atoms with Gasteiger partial charge in [0.1, 0.15) is 11.5 Å². The molecule has 2 aromatic rings. The van der Waals surface area contributed by atoms with Crippen LogP contribution < -0.4 is 19.7 Å². The number of anilines is 2. The van der Waals surface area contributed by atoms with Gasteiger partial charge in [0.15, 0.2) is 0 Å². The largest absolute Gasteiger partial charge is 0.495 e. The number of benzene rings is 2. The molecule has 0 bridgehead atoms. The summed E-state index contributed by atoms with van der Waals surface area (Å²) >= 11 is 6.12. The average Bonchev–Trinajstić information content (AvgIpc) is 2.65. The first-order valence-electron chi connectivity index (χ1n) is 8.59. The Balaban J connectivity index is 1.79. The second-order valence-corrected chi connectivity index (χ2v) is 6.79. The molecular formula is C20H23ClN2O3. The van der Waals surface area contributed by atoms with Crippen molar-refractivity contribution in [1.29, 1.82) is 0 Å². The predicted octanol–water partition coefficient (Wildman–Crippen LogP) is 4.14. The number of amides is 1. The van der Waals surface area contributed by atoms with E-state index in [2.05, 4.69) is 29.3 Å². The van der Waals surface area contributed by atoms with Crippen LogP contribution in [0, 0.1) is 0 Å². The molecule has 1 aliphatic rings. The number of rotatable bonds is 5. The van der Waals surface area contributed by atoms with E-state index in [1.807, 2.05) is 12.1 Å². The first kappa shape index (κ1) is 18.4. The molecule has 3 rings (SSSR count). The molecule has 1 N–H and O–H groups in total. The SMILES string of the molecule is COc1cc(NC(=O)CN2c3ccccc3CCC2C)c(OC)cc1Cl. The van der Waals surface area contributed by atoms with Crippen molar-refractivity contribution >= 4 is 28.9 Å². The van der Waals surface area contributed by atoms with Crippen molar-refractivity contribution in [2.24, 2.45) is 0 Å². The van der Waals surface area contributed by atoms with Gasteiger partial charge in [0, 0.05) is 23.9 Å². The maximum atomic E-state index is 12.7. The Labute approximate surface area is 158 Å². The summed E-state index contributed by atoms with van der Waals surface area (Å²) in [5.41, 5.74) is 2.95. The molecule has 26 heavy (non-hydrogen) atoms. The van der Waals surface area contributed by atoms with Crippen LogP contribution in [0.4, 0.5) is 11.4 Å². The fourth-order valence-electron chi connectivity index (χ4n) is 3.30. The van der Waals surface area contributed by atoms with Gasteiger partial charge in [-0.15, -0.1) is 0 Å². The molecule has 5 nitrogen and oxygen atoms in total. The van der Waals surface area contributed by atoms with Gasteiger partial charge >= 0.3 is 0 Å². The maximum absolute atomic E-state index is 12.7. The number of methoxy groups -OCH3 is 2. The minimum Gasteiger partial charge on any atom is -0.495 e. The van der Waals surface area contributed by atoms with Crippen molar-refractivity contribution in [2.45, 2.75) is 25.8 Å². The molecule has 138 valence electrons. The van der Waals surface area contributed by atoms with Crippen LogP contribution in [-0.4, -0.2) is 32.7 Å². The highest BCUT2D eigenvalue weighted by Gasteiger charge is 2.25. The molecule has 0 fully saturated rings. The molecule has 0 aliphatic carbocycles. The summed E-state index contributed by atoms with van der Waals surface area (Å²) in [6.07, 6.45) is 2.07. The number of para-hydroxylation sites is 1. The maximum Gasteiger partial charge on any atom is 0.244 e. The number of carbonyl (C=O) groups is 1. The van der Waals surface area contributed by atoms with Crippen LogP contribution in [-0.2, 0) is 11.2 Å². The first-order chi connectivity index (χ1) is 12.5. The summed E-state index contributed by atoms with van der Waals surface area (Å²) in [5, 5.41) is 3.35. The van der Waals surface area contributed by atoms with E-state index < -0.39 is 0 Å². The lowest BCUT2D eigenvalue weighted by Crippen LogP contribution is -2.42. The van der Waals surface area contributed by atoms with Crippen LogP contribution in [0.15, 0.2) is 36.4 Å². The molecule has 1 atom stereocenters. The Hall–Kier alpha value is -2.40. The van der Waals surface area contributed by atoms with Crippen molar-refractivity contribution < 1.29 is 14.3 Å². The molecule has 6 heteroatoms. The lowest BCUT2D eigenvalue weighted by molar-refractivity contribution is -0.115. The summed E-state index contributed by atoms with van der Waals surface area (Å²) in [6, 6.07) is 11.9. The molecule has 2 aromatic carbocycles. The highest BCUT2D eigenvalue weighted by atomic mass is 35.5. The smallest absolute Gasteiger partial charge is 0.244 e. The van der Waals surface area contributed by atoms with Gasteiger partial charge in [0.05, 0.1) is 31.5 Å². The topological polar surface area (TPSA) is 50.8 Å². The second kappa shape index (κ2) is 7.87. The summed E-state index contributed by atoms with van der Waals surface area (Å²) in [7, 11) is 3.07. The van der Waals surface area contributed by atoms with E-state index in [1.54, 1.807) is 12.1 Å². The fraction of sp³-hybridized carbons (Fsp3) is 0.350.